The number of amides is 1. The largest absolute Gasteiger partial charge is 0.394 e. The van der Waals surface area contributed by atoms with Crippen LogP contribution < -0.4 is 5.32 Å². The molecule has 2 N–H and O–H groups in total. The Morgan fingerprint density at radius 1 is 1.53 bits per heavy atom. The molecule has 7 heteroatoms. The summed E-state index contributed by atoms with van der Waals surface area (Å²) in [6, 6.07) is 2.98. The number of aliphatic hydroxyl groups excluding tert-OH is 1. The summed E-state index contributed by atoms with van der Waals surface area (Å²) in [6.07, 6.45) is 2.25. The summed E-state index contributed by atoms with van der Waals surface area (Å²) in [7, 11) is 0. The molecule has 0 spiro atoms. The van der Waals surface area contributed by atoms with E-state index >= 15 is 0 Å². The molecular formula is C12H13FN2O4. The third kappa shape index (κ3) is 2.55. The number of carbonyl (C=O) groups excluding carboxylic acids is 1. The number of aliphatic hydroxyl groups is 1. The molecule has 0 heterocycles. The van der Waals surface area contributed by atoms with Crippen molar-refractivity contribution < 1.29 is 19.2 Å². The lowest BCUT2D eigenvalue weighted by Gasteiger charge is -2.40. The molecule has 1 aromatic rings. The maximum atomic E-state index is 13.4. The van der Waals surface area contributed by atoms with Gasteiger partial charge in [-0.15, -0.1) is 0 Å². The number of nitro groups is 1. The monoisotopic (exact) mass is 268 g/mol. The van der Waals surface area contributed by atoms with Crippen molar-refractivity contribution in [3.05, 3.63) is 39.7 Å². The summed E-state index contributed by atoms with van der Waals surface area (Å²) < 4.78 is 13.4. The van der Waals surface area contributed by atoms with Gasteiger partial charge in [-0.2, -0.15) is 4.39 Å². The summed E-state index contributed by atoms with van der Waals surface area (Å²) in [5, 5.41) is 22.3. The van der Waals surface area contributed by atoms with Gasteiger partial charge in [-0.05, 0) is 31.4 Å². The molecular weight excluding hydrogens is 255 g/mol. The van der Waals surface area contributed by atoms with Gasteiger partial charge < -0.3 is 10.4 Å². The third-order valence-electron chi connectivity index (χ3n) is 3.40. The average Bonchev–Trinajstić information content (AvgIpc) is 2.33. The highest BCUT2D eigenvalue weighted by molar-refractivity contribution is 5.95. The lowest BCUT2D eigenvalue weighted by atomic mass is 9.77. The van der Waals surface area contributed by atoms with Gasteiger partial charge in [-0.3, -0.25) is 14.9 Å². The van der Waals surface area contributed by atoms with Gasteiger partial charge in [0.15, 0.2) is 0 Å². The van der Waals surface area contributed by atoms with Crippen LogP contribution in [-0.2, 0) is 0 Å². The van der Waals surface area contributed by atoms with Crippen molar-refractivity contribution in [2.75, 3.05) is 6.61 Å². The molecule has 1 fully saturated rings. The molecule has 6 nitrogen and oxygen atoms in total. The van der Waals surface area contributed by atoms with E-state index in [1.807, 2.05) is 0 Å². The van der Waals surface area contributed by atoms with Crippen LogP contribution in [0.1, 0.15) is 29.6 Å². The number of nitrogens with zero attached hydrogens (tertiary/aromatic N) is 1. The zero-order valence-electron chi connectivity index (χ0n) is 10.1. The lowest BCUT2D eigenvalue weighted by molar-refractivity contribution is -0.387. The van der Waals surface area contributed by atoms with Crippen molar-refractivity contribution in [1.82, 2.24) is 5.32 Å². The van der Waals surface area contributed by atoms with E-state index in [1.165, 1.54) is 6.07 Å². The predicted octanol–water partition coefficient (Wildman–Crippen LogP) is 1.38. The molecule has 0 unspecified atom stereocenters. The fourth-order valence-electron chi connectivity index (χ4n) is 2.04. The van der Waals surface area contributed by atoms with Gasteiger partial charge in [0, 0.05) is 11.6 Å². The Morgan fingerprint density at radius 3 is 2.63 bits per heavy atom. The van der Waals surface area contributed by atoms with Crippen molar-refractivity contribution in [3.8, 4) is 0 Å². The van der Waals surface area contributed by atoms with E-state index in [0.29, 0.717) is 12.8 Å². The number of benzene rings is 1. The Labute approximate surface area is 108 Å². The average molecular weight is 268 g/mol. The molecule has 1 saturated carbocycles. The van der Waals surface area contributed by atoms with Crippen LogP contribution in [0.4, 0.5) is 10.1 Å². The topological polar surface area (TPSA) is 92.5 Å². The summed E-state index contributed by atoms with van der Waals surface area (Å²) in [4.78, 5) is 21.5. The minimum atomic E-state index is -1.05. The molecule has 0 aliphatic heterocycles. The summed E-state index contributed by atoms with van der Waals surface area (Å²) >= 11 is 0. The Hall–Kier alpha value is -2.02. The van der Waals surface area contributed by atoms with E-state index in [1.54, 1.807) is 0 Å². The van der Waals surface area contributed by atoms with Gasteiger partial charge in [0.1, 0.15) is 0 Å². The first-order valence-corrected chi connectivity index (χ1v) is 5.85. The fourth-order valence-corrected chi connectivity index (χ4v) is 2.04. The number of halogens is 1. The first-order chi connectivity index (χ1) is 8.97. The molecule has 102 valence electrons. The van der Waals surface area contributed by atoms with Crippen LogP contribution in [0.5, 0.6) is 0 Å². The summed E-state index contributed by atoms with van der Waals surface area (Å²) in [5.74, 6) is -1.59. The minimum Gasteiger partial charge on any atom is -0.394 e. The Kier molecular flexibility index (Phi) is 3.48. The van der Waals surface area contributed by atoms with E-state index in [9.17, 15) is 24.4 Å². The maximum absolute atomic E-state index is 13.4. The highest BCUT2D eigenvalue weighted by Gasteiger charge is 2.38. The Balaban J connectivity index is 2.16. The number of nitrogens with one attached hydrogen (secondary N) is 1. The van der Waals surface area contributed by atoms with Gasteiger partial charge in [0.05, 0.1) is 17.1 Å². The van der Waals surface area contributed by atoms with Gasteiger partial charge >= 0.3 is 5.69 Å². The first kappa shape index (κ1) is 13.4. The number of nitro benzene ring substituents is 1. The molecule has 1 aliphatic carbocycles. The van der Waals surface area contributed by atoms with E-state index in [2.05, 4.69) is 5.32 Å². The lowest BCUT2D eigenvalue weighted by Crippen LogP contribution is -2.56. The van der Waals surface area contributed by atoms with Crippen molar-refractivity contribution in [1.29, 1.82) is 0 Å². The SMILES string of the molecule is O=C(NC1(CO)CCC1)c1ccc([N+](=O)[O-])c(F)c1. The van der Waals surface area contributed by atoms with Gasteiger partial charge in [0.2, 0.25) is 5.82 Å². The van der Waals surface area contributed by atoms with E-state index in [4.69, 9.17) is 0 Å². The molecule has 0 saturated heterocycles. The standard InChI is InChI=1S/C12H13FN2O4/c13-9-6-8(2-3-10(9)15(18)19)11(17)14-12(7-16)4-1-5-12/h2-3,6,16H,1,4-5,7H2,(H,14,17). The van der Waals surface area contributed by atoms with Crippen molar-refractivity contribution in [3.63, 3.8) is 0 Å². The molecule has 0 atom stereocenters. The maximum Gasteiger partial charge on any atom is 0.304 e. The second kappa shape index (κ2) is 4.93. The first-order valence-electron chi connectivity index (χ1n) is 5.85. The number of hydrogen-bond acceptors (Lipinski definition) is 4. The van der Waals surface area contributed by atoms with E-state index < -0.39 is 27.9 Å². The molecule has 0 aromatic heterocycles. The molecule has 0 radical (unpaired) electrons. The zero-order valence-corrected chi connectivity index (χ0v) is 10.1. The number of rotatable bonds is 4. The molecule has 1 aliphatic rings. The Morgan fingerprint density at radius 2 is 2.21 bits per heavy atom. The van der Waals surface area contributed by atoms with E-state index in [0.717, 1.165) is 18.6 Å². The van der Waals surface area contributed by atoms with Crippen LogP contribution in [0.25, 0.3) is 0 Å². The van der Waals surface area contributed by atoms with Gasteiger partial charge in [0.25, 0.3) is 5.91 Å². The smallest absolute Gasteiger partial charge is 0.304 e. The molecule has 19 heavy (non-hydrogen) atoms. The van der Waals surface area contributed by atoms with Crippen LogP contribution in [0.2, 0.25) is 0 Å². The summed E-state index contributed by atoms with van der Waals surface area (Å²) in [5.41, 5.74) is -1.30. The molecule has 0 bridgehead atoms. The van der Waals surface area contributed by atoms with Crippen LogP contribution in [0.15, 0.2) is 18.2 Å². The normalized spacial score (nSPS) is 16.5. The Bertz CT molecular complexity index is 523. The predicted molar refractivity (Wildman–Crippen MR) is 64.2 cm³/mol. The second-order valence-electron chi connectivity index (χ2n) is 4.67. The van der Waals surface area contributed by atoms with Crippen LogP contribution in [-0.4, -0.2) is 28.1 Å². The molecule has 2 rings (SSSR count). The number of hydrogen-bond donors (Lipinski definition) is 2. The van der Waals surface area contributed by atoms with Crippen LogP contribution in [0.3, 0.4) is 0 Å². The highest BCUT2D eigenvalue weighted by Crippen LogP contribution is 2.31. The second-order valence-corrected chi connectivity index (χ2v) is 4.67. The fraction of sp³-hybridized carbons (Fsp3) is 0.417. The van der Waals surface area contributed by atoms with Gasteiger partial charge in [-0.1, -0.05) is 0 Å². The van der Waals surface area contributed by atoms with Crippen LogP contribution in [0, 0.1) is 15.9 Å². The minimum absolute atomic E-state index is 0.00262. The van der Waals surface area contributed by atoms with Crippen molar-refractivity contribution in [2.45, 2.75) is 24.8 Å². The zero-order chi connectivity index (χ0) is 14.0. The van der Waals surface area contributed by atoms with Gasteiger partial charge in [-0.25, -0.2) is 0 Å². The molecule has 1 aromatic carbocycles. The van der Waals surface area contributed by atoms with Crippen LogP contribution >= 0.6 is 0 Å². The quantitative estimate of drug-likeness (QED) is 0.637. The van der Waals surface area contributed by atoms with Crippen molar-refractivity contribution in [2.24, 2.45) is 0 Å². The number of carbonyl (C=O) groups is 1. The molecule has 1 amide bonds. The highest BCUT2D eigenvalue weighted by atomic mass is 19.1. The van der Waals surface area contributed by atoms with Crippen molar-refractivity contribution >= 4 is 11.6 Å². The van der Waals surface area contributed by atoms with E-state index in [-0.39, 0.29) is 12.2 Å². The third-order valence-corrected chi connectivity index (χ3v) is 3.40. The summed E-state index contributed by atoms with van der Waals surface area (Å²) in [6.45, 7) is -0.172.